The molecule has 5 heteroatoms. The van der Waals surface area contributed by atoms with Gasteiger partial charge >= 0.3 is 0 Å². The van der Waals surface area contributed by atoms with E-state index in [1.165, 1.54) is 0 Å². The SMILES string of the molecule is NS(=O)(=O)C1CCCCC12CN2. The Labute approximate surface area is 72.6 Å². The Morgan fingerprint density at radius 2 is 2.08 bits per heavy atom. The molecule has 0 amide bonds. The summed E-state index contributed by atoms with van der Waals surface area (Å²) in [6.07, 6.45) is 3.81. The molecule has 2 atom stereocenters. The van der Waals surface area contributed by atoms with E-state index < -0.39 is 10.0 Å². The van der Waals surface area contributed by atoms with Crippen molar-refractivity contribution in [3.05, 3.63) is 0 Å². The molecule has 0 aromatic carbocycles. The summed E-state index contributed by atoms with van der Waals surface area (Å²) in [4.78, 5) is 0. The average Bonchev–Trinajstić information content (AvgIpc) is 2.68. The first-order valence-corrected chi connectivity index (χ1v) is 5.92. The fraction of sp³-hybridized carbons (Fsp3) is 1.00. The molecular formula is C7H14N2O2S. The van der Waals surface area contributed by atoms with Gasteiger partial charge in [-0.1, -0.05) is 12.8 Å². The predicted octanol–water partition coefficient (Wildman–Crippen LogP) is -0.440. The van der Waals surface area contributed by atoms with E-state index in [0.29, 0.717) is 0 Å². The fourth-order valence-electron chi connectivity index (χ4n) is 2.20. The van der Waals surface area contributed by atoms with Gasteiger partial charge in [0, 0.05) is 12.1 Å². The largest absolute Gasteiger partial charge is 0.307 e. The van der Waals surface area contributed by atoms with Crippen molar-refractivity contribution in [2.24, 2.45) is 5.14 Å². The predicted molar refractivity (Wildman–Crippen MR) is 46.1 cm³/mol. The van der Waals surface area contributed by atoms with E-state index in [1.807, 2.05) is 0 Å². The van der Waals surface area contributed by atoms with Gasteiger partial charge in [-0.15, -0.1) is 0 Å². The Hall–Kier alpha value is -0.130. The Bertz CT molecular complexity index is 282. The van der Waals surface area contributed by atoms with E-state index in [-0.39, 0.29) is 10.8 Å². The van der Waals surface area contributed by atoms with Crippen LogP contribution in [0.2, 0.25) is 0 Å². The van der Waals surface area contributed by atoms with Crippen LogP contribution in [0.1, 0.15) is 25.7 Å². The number of hydrogen-bond acceptors (Lipinski definition) is 3. The van der Waals surface area contributed by atoms with Crippen molar-refractivity contribution in [3.63, 3.8) is 0 Å². The van der Waals surface area contributed by atoms with Gasteiger partial charge in [0.2, 0.25) is 10.0 Å². The third-order valence-corrected chi connectivity index (χ3v) is 4.46. The molecule has 0 radical (unpaired) electrons. The Morgan fingerprint density at radius 1 is 1.42 bits per heavy atom. The van der Waals surface area contributed by atoms with Gasteiger partial charge in [0.1, 0.15) is 0 Å². The van der Waals surface area contributed by atoms with Crippen molar-refractivity contribution in [2.75, 3.05) is 6.54 Å². The van der Waals surface area contributed by atoms with Crippen LogP contribution in [0.4, 0.5) is 0 Å². The lowest BCUT2D eigenvalue weighted by molar-refractivity contribution is 0.405. The molecule has 1 saturated heterocycles. The van der Waals surface area contributed by atoms with Gasteiger partial charge in [0.15, 0.2) is 0 Å². The normalized spacial score (nSPS) is 41.6. The highest BCUT2D eigenvalue weighted by Crippen LogP contribution is 2.38. The lowest BCUT2D eigenvalue weighted by atomic mass is 9.88. The van der Waals surface area contributed by atoms with Gasteiger partial charge in [-0.05, 0) is 12.8 Å². The molecular weight excluding hydrogens is 176 g/mol. The van der Waals surface area contributed by atoms with Crippen molar-refractivity contribution in [1.29, 1.82) is 0 Å². The van der Waals surface area contributed by atoms with Crippen LogP contribution in [0.15, 0.2) is 0 Å². The molecule has 2 aliphatic rings. The highest BCUT2D eigenvalue weighted by atomic mass is 32.2. The standard InChI is InChI=1S/C7H14N2O2S/c8-12(10,11)6-3-1-2-4-7(6)5-9-7/h6,9H,1-5H2,(H2,8,10,11). The zero-order chi connectivity index (χ0) is 8.82. The molecule has 0 bridgehead atoms. The molecule has 1 aliphatic carbocycles. The van der Waals surface area contributed by atoms with Crippen LogP contribution in [0, 0.1) is 0 Å². The summed E-state index contributed by atoms with van der Waals surface area (Å²) in [5.74, 6) is 0. The number of sulfonamides is 1. The van der Waals surface area contributed by atoms with Crippen molar-refractivity contribution in [2.45, 2.75) is 36.5 Å². The second-order valence-electron chi connectivity index (χ2n) is 3.83. The zero-order valence-electron chi connectivity index (χ0n) is 6.91. The molecule has 0 aromatic heterocycles. The fourth-order valence-corrected chi connectivity index (χ4v) is 3.61. The summed E-state index contributed by atoms with van der Waals surface area (Å²) in [6, 6.07) is 0. The lowest BCUT2D eigenvalue weighted by Crippen LogP contribution is -2.45. The van der Waals surface area contributed by atoms with Crippen LogP contribution in [0.5, 0.6) is 0 Å². The molecule has 0 aromatic rings. The summed E-state index contributed by atoms with van der Waals surface area (Å²) >= 11 is 0. The van der Waals surface area contributed by atoms with Crippen LogP contribution < -0.4 is 10.5 Å². The first-order valence-electron chi connectivity index (χ1n) is 4.31. The maximum Gasteiger partial charge on any atom is 0.213 e. The maximum atomic E-state index is 11.2. The molecule has 70 valence electrons. The van der Waals surface area contributed by atoms with Crippen molar-refractivity contribution in [1.82, 2.24) is 5.32 Å². The smallest absolute Gasteiger partial charge is 0.213 e. The van der Waals surface area contributed by atoms with E-state index in [1.54, 1.807) is 0 Å². The van der Waals surface area contributed by atoms with E-state index in [2.05, 4.69) is 5.32 Å². The molecule has 1 spiro atoms. The third-order valence-electron chi connectivity index (χ3n) is 2.98. The van der Waals surface area contributed by atoms with Crippen LogP contribution >= 0.6 is 0 Å². The van der Waals surface area contributed by atoms with E-state index in [4.69, 9.17) is 5.14 Å². The summed E-state index contributed by atoms with van der Waals surface area (Å²) in [5.41, 5.74) is -0.133. The van der Waals surface area contributed by atoms with Crippen molar-refractivity contribution < 1.29 is 8.42 Å². The molecule has 2 rings (SSSR count). The first-order chi connectivity index (χ1) is 5.55. The van der Waals surface area contributed by atoms with Crippen LogP contribution in [-0.4, -0.2) is 25.8 Å². The van der Waals surface area contributed by atoms with Crippen LogP contribution in [-0.2, 0) is 10.0 Å². The van der Waals surface area contributed by atoms with Gasteiger partial charge in [-0.25, -0.2) is 13.6 Å². The Kier molecular flexibility index (Phi) is 1.72. The molecule has 1 heterocycles. The molecule has 4 nitrogen and oxygen atoms in total. The first kappa shape index (κ1) is 8.47. The van der Waals surface area contributed by atoms with Crippen LogP contribution in [0.3, 0.4) is 0 Å². The number of primary sulfonamides is 1. The monoisotopic (exact) mass is 190 g/mol. The summed E-state index contributed by atoms with van der Waals surface area (Å²) in [6.45, 7) is 0.827. The Balaban J connectivity index is 2.23. The molecule has 12 heavy (non-hydrogen) atoms. The highest BCUT2D eigenvalue weighted by Gasteiger charge is 2.54. The molecule has 2 unspecified atom stereocenters. The third kappa shape index (κ3) is 1.26. The van der Waals surface area contributed by atoms with Crippen molar-refractivity contribution in [3.8, 4) is 0 Å². The average molecular weight is 190 g/mol. The molecule has 3 N–H and O–H groups in total. The van der Waals surface area contributed by atoms with E-state index in [9.17, 15) is 8.42 Å². The Morgan fingerprint density at radius 3 is 2.50 bits per heavy atom. The molecule has 2 fully saturated rings. The number of nitrogens with one attached hydrogen (secondary N) is 1. The van der Waals surface area contributed by atoms with E-state index >= 15 is 0 Å². The number of hydrogen-bond donors (Lipinski definition) is 2. The minimum atomic E-state index is -3.33. The minimum Gasteiger partial charge on any atom is -0.307 e. The molecule has 1 aliphatic heterocycles. The lowest BCUT2D eigenvalue weighted by Gasteiger charge is -2.28. The topological polar surface area (TPSA) is 82.1 Å². The van der Waals surface area contributed by atoms with Gasteiger partial charge in [-0.3, -0.25) is 0 Å². The maximum absolute atomic E-state index is 11.2. The summed E-state index contributed by atoms with van der Waals surface area (Å²) in [5, 5.41) is 7.97. The van der Waals surface area contributed by atoms with E-state index in [0.717, 1.165) is 32.2 Å². The van der Waals surface area contributed by atoms with Gasteiger partial charge < -0.3 is 5.32 Å². The summed E-state index contributed by atoms with van der Waals surface area (Å²) < 4.78 is 22.4. The van der Waals surface area contributed by atoms with Gasteiger partial charge in [0.05, 0.1) is 5.25 Å². The highest BCUT2D eigenvalue weighted by molar-refractivity contribution is 7.89. The quantitative estimate of drug-likeness (QED) is 0.550. The minimum absolute atomic E-state index is 0.133. The van der Waals surface area contributed by atoms with Gasteiger partial charge in [0.25, 0.3) is 0 Å². The second kappa shape index (κ2) is 2.43. The van der Waals surface area contributed by atoms with Gasteiger partial charge in [-0.2, -0.15) is 0 Å². The van der Waals surface area contributed by atoms with Crippen molar-refractivity contribution >= 4 is 10.0 Å². The second-order valence-corrected chi connectivity index (χ2v) is 5.58. The number of nitrogens with two attached hydrogens (primary N) is 1. The summed E-state index contributed by atoms with van der Waals surface area (Å²) in [7, 11) is -3.33. The zero-order valence-corrected chi connectivity index (χ0v) is 7.73. The van der Waals surface area contributed by atoms with Crippen LogP contribution in [0.25, 0.3) is 0 Å². The number of rotatable bonds is 1. The molecule has 1 saturated carbocycles.